The van der Waals surface area contributed by atoms with Crippen LogP contribution in [0.25, 0.3) is 0 Å². The summed E-state index contributed by atoms with van der Waals surface area (Å²) >= 11 is 0. The van der Waals surface area contributed by atoms with Crippen LogP contribution in [0.3, 0.4) is 0 Å². The first-order chi connectivity index (χ1) is 9.01. The van der Waals surface area contributed by atoms with Crippen molar-refractivity contribution in [3.63, 3.8) is 0 Å². The lowest BCUT2D eigenvalue weighted by molar-refractivity contribution is 0.178. The van der Waals surface area contributed by atoms with Crippen molar-refractivity contribution in [2.75, 3.05) is 0 Å². The number of aryl methyl sites for hydroxylation is 4. The van der Waals surface area contributed by atoms with E-state index in [0.717, 1.165) is 12.1 Å². The van der Waals surface area contributed by atoms with Crippen LogP contribution in [0.2, 0.25) is 0 Å². The van der Waals surface area contributed by atoms with Gasteiger partial charge in [-0.3, -0.25) is 4.68 Å². The quantitative estimate of drug-likeness (QED) is 0.915. The molecule has 0 amide bonds. The van der Waals surface area contributed by atoms with E-state index >= 15 is 0 Å². The highest BCUT2D eigenvalue weighted by atomic mass is 16.3. The Labute approximate surface area is 114 Å². The van der Waals surface area contributed by atoms with Crippen molar-refractivity contribution in [1.82, 2.24) is 9.78 Å². The van der Waals surface area contributed by atoms with Crippen LogP contribution in [-0.4, -0.2) is 14.9 Å². The molecule has 3 heteroatoms. The molecule has 1 heterocycles. The molecule has 2 rings (SSSR count). The van der Waals surface area contributed by atoms with Gasteiger partial charge in [-0.05, 0) is 44.4 Å². The van der Waals surface area contributed by atoms with Crippen molar-refractivity contribution in [3.05, 3.63) is 52.3 Å². The zero-order valence-corrected chi connectivity index (χ0v) is 12.1. The molecule has 19 heavy (non-hydrogen) atoms. The van der Waals surface area contributed by atoms with Gasteiger partial charge in [0.05, 0.1) is 12.3 Å². The van der Waals surface area contributed by atoms with Gasteiger partial charge < -0.3 is 5.11 Å². The molecule has 0 aliphatic rings. The Morgan fingerprint density at radius 3 is 2.37 bits per heavy atom. The van der Waals surface area contributed by atoms with Crippen molar-refractivity contribution in [3.8, 4) is 0 Å². The molecule has 1 N–H and O–H groups in total. The first-order valence-corrected chi connectivity index (χ1v) is 6.78. The van der Waals surface area contributed by atoms with E-state index in [0.29, 0.717) is 6.42 Å². The lowest BCUT2D eigenvalue weighted by Crippen LogP contribution is -2.05. The second kappa shape index (κ2) is 5.57. The molecule has 0 saturated heterocycles. The summed E-state index contributed by atoms with van der Waals surface area (Å²) in [6.07, 6.45) is 3.84. The summed E-state index contributed by atoms with van der Waals surface area (Å²) < 4.78 is 1.84. The average Bonchev–Trinajstić information content (AvgIpc) is 2.82. The Morgan fingerprint density at radius 2 is 1.84 bits per heavy atom. The van der Waals surface area contributed by atoms with E-state index in [1.54, 1.807) is 6.20 Å². The third kappa shape index (κ3) is 3.04. The standard InChI is InChI=1S/C16H22N2O/c1-5-18-10-14(9-17-18)16(19)8-15-12(3)6-11(2)7-13(15)4/h6-7,9-10,16,19H,5,8H2,1-4H3. The highest BCUT2D eigenvalue weighted by Gasteiger charge is 2.14. The predicted molar refractivity (Wildman–Crippen MR) is 77.2 cm³/mol. The summed E-state index contributed by atoms with van der Waals surface area (Å²) in [5.74, 6) is 0. The highest BCUT2D eigenvalue weighted by molar-refractivity contribution is 5.38. The lowest BCUT2D eigenvalue weighted by Gasteiger charge is -2.14. The van der Waals surface area contributed by atoms with E-state index in [-0.39, 0.29) is 0 Å². The summed E-state index contributed by atoms with van der Waals surface area (Å²) in [6.45, 7) is 9.19. The second-order valence-electron chi connectivity index (χ2n) is 5.23. The molecule has 1 unspecified atom stereocenters. The minimum absolute atomic E-state index is 0.486. The molecule has 0 bridgehead atoms. The minimum Gasteiger partial charge on any atom is -0.388 e. The van der Waals surface area contributed by atoms with Crippen LogP contribution in [0.1, 0.15) is 40.8 Å². The maximum absolute atomic E-state index is 10.3. The molecule has 1 atom stereocenters. The smallest absolute Gasteiger partial charge is 0.0861 e. The maximum atomic E-state index is 10.3. The van der Waals surface area contributed by atoms with Crippen molar-refractivity contribution < 1.29 is 5.11 Å². The number of nitrogens with zero attached hydrogens (tertiary/aromatic N) is 2. The zero-order chi connectivity index (χ0) is 14.0. The minimum atomic E-state index is -0.486. The number of hydrogen-bond donors (Lipinski definition) is 1. The molecule has 0 spiro atoms. The summed E-state index contributed by atoms with van der Waals surface area (Å²) in [6, 6.07) is 4.34. The summed E-state index contributed by atoms with van der Waals surface area (Å²) in [7, 11) is 0. The third-order valence-electron chi connectivity index (χ3n) is 3.60. The Kier molecular flexibility index (Phi) is 4.05. The van der Waals surface area contributed by atoms with Gasteiger partial charge in [-0.15, -0.1) is 0 Å². The second-order valence-corrected chi connectivity index (χ2v) is 5.23. The monoisotopic (exact) mass is 258 g/mol. The molecule has 0 fully saturated rings. The fourth-order valence-electron chi connectivity index (χ4n) is 2.57. The van der Waals surface area contributed by atoms with E-state index in [1.165, 1.54) is 22.3 Å². The summed E-state index contributed by atoms with van der Waals surface area (Å²) in [5.41, 5.74) is 5.90. The Morgan fingerprint density at radius 1 is 1.21 bits per heavy atom. The highest BCUT2D eigenvalue weighted by Crippen LogP contribution is 2.23. The van der Waals surface area contributed by atoms with Gasteiger partial charge >= 0.3 is 0 Å². The van der Waals surface area contributed by atoms with Gasteiger partial charge in [-0.1, -0.05) is 17.7 Å². The molecule has 0 saturated carbocycles. The molecule has 2 aromatic rings. The predicted octanol–water partition coefficient (Wildman–Crippen LogP) is 3.10. The van der Waals surface area contributed by atoms with E-state index in [4.69, 9.17) is 0 Å². The van der Waals surface area contributed by atoms with Crippen LogP contribution in [0, 0.1) is 20.8 Å². The van der Waals surface area contributed by atoms with Gasteiger partial charge in [0, 0.05) is 24.7 Å². The van der Waals surface area contributed by atoms with Gasteiger partial charge in [-0.25, -0.2) is 0 Å². The summed E-state index contributed by atoms with van der Waals surface area (Å²) in [5, 5.41) is 14.6. The largest absolute Gasteiger partial charge is 0.388 e. The first-order valence-electron chi connectivity index (χ1n) is 6.78. The van der Waals surface area contributed by atoms with Crippen LogP contribution >= 0.6 is 0 Å². The molecule has 0 radical (unpaired) electrons. The number of rotatable bonds is 4. The summed E-state index contributed by atoms with van der Waals surface area (Å²) in [4.78, 5) is 0. The van der Waals surface area contributed by atoms with Crippen molar-refractivity contribution in [2.24, 2.45) is 0 Å². The van der Waals surface area contributed by atoms with Crippen LogP contribution in [-0.2, 0) is 13.0 Å². The number of aliphatic hydroxyl groups is 1. The SMILES string of the molecule is CCn1cc(C(O)Cc2c(C)cc(C)cc2C)cn1. The van der Waals surface area contributed by atoms with Gasteiger partial charge in [0.25, 0.3) is 0 Å². The maximum Gasteiger partial charge on any atom is 0.0861 e. The van der Waals surface area contributed by atoms with Crippen molar-refractivity contribution in [1.29, 1.82) is 0 Å². The van der Waals surface area contributed by atoms with Crippen LogP contribution < -0.4 is 0 Å². The number of aromatic nitrogens is 2. The number of aliphatic hydroxyl groups excluding tert-OH is 1. The normalized spacial score (nSPS) is 12.7. The fraction of sp³-hybridized carbons (Fsp3) is 0.438. The lowest BCUT2D eigenvalue weighted by atomic mass is 9.94. The third-order valence-corrected chi connectivity index (χ3v) is 3.60. The topological polar surface area (TPSA) is 38.0 Å². The van der Waals surface area contributed by atoms with Crippen LogP contribution in [0.4, 0.5) is 0 Å². The average molecular weight is 258 g/mol. The van der Waals surface area contributed by atoms with E-state index in [1.807, 2.05) is 17.8 Å². The van der Waals surface area contributed by atoms with Crippen LogP contribution in [0.5, 0.6) is 0 Å². The van der Waals surface area contributed by atoms with Crippen molar-refractivity contribution in [2.45, 2.75) is 46.8 Å². The number of benzene rings is 1. The van der Waals surface area contributed by atoms with Gasteiger partial charge in [0.15, 0.2) is 0 Å². The van der Waals surface area contributed by atoms with Crippen molar-refractivity contribution >= 4 is 0 Å². The van der Waals surface area contributed by atoms with Gasteiger partial charge in [-0.2, -0.15) is 5.10 Å². The Bertz CT molecular complexity index is 549. The molecule has 3 nitrogen and oxygen atoms in total. The van der Waals surface area contributed by atoms with Crippen LogP contribution in [0.15, 0.2) is 24.5 Å². The molecular formula is C16H22N2O. The van der Waals surface area contributed by atoms with E-state index < -0.39 is 6.10 Å². The molecular weight excluding hydrogens is 236 g/mol. The molecule has 1 aromatic carbocycles. The molecule has 102 valence electrons. The van der Waals surface area contributed by atoms with Gasteiger partial charge in [0.1, 0.15) is 0 Å². The molecule has 0 aliphatic heterocycles. The fourth-order valence-corrected chi connectivity index (χ4v) is 2.57. The van der Waals surface area contributed by atoms with E-state index in [9.17, 15) is 5.11 Å². The Balaban J connectivity index is 2.21. The van der Waals surface area contributed by atoms with Gasteiger partial charge in [0.2, 0.25) is 0 Å². The molecule has 0 aliphatic carbocycles. The Hall–Kier alpha value is -1.61. The van der Waals surface area contributed by atoms with E-state index in [2.05, 4.69) is 38.0 Å². The first kappa shape index (κ1) is 13.8. The molecule has 1 aromatic heterocycles. The number of hydrogen-bond acceptors (Lipinski definition) is 2. The zero-order valence-electron chi connectivity index (χ0n) is 12.1.